The van der Waals surface area contributed by atoms with E-state index in [1.807, 2.05) is 46.4 Å². The van der Waals surface area contributed by atoms with Crippen LogP contribution in [0, 0.1) is 18.8 Å². The Morgan fingerprint density at radius 3 is 1.61 bits per heavy atom. The lowest BCUT2D eigenvalue weighted by atomic mass is 9.74. The van der Waals surface area contributed by atoms with E-state index in [1.165, 1.54) is 52.5 Å². The summed E-state index contributed by atoms with van der Waals surface area (Å²) in [6.45, 7) is 39.4. The van der Waals surface area contributed by atoms with Crippen LogP contribution < -0.4 is 11.5 Å². The van der Waals surface area contributed by atoms with Gasteiger partial charge in [0, 0.05) is 16.1 Å². The van der Waals surface area contributed by atoms with Crippen molar-refractivity contribution in [2.45, 2.75) is 172 Å². The monoisotopic (exact) mass is 723 g/mol. The molecule has 4 rings (SSSR count). The summed E-state index contributed by atoms with van der Waals surface area (Å²) < 4.78 is 0. The highest BCUT2D eigenvalue weighted by molar-refractivity contribution is 7.99. The van der Waals surface area contributed by atoms with Gasteiger partial charge in [0.15, 0.2) is 0 Å². The van der Waals surface area contributed by atoms with Crippen molar-refractivity contribution in [3.8, 4) is 0 Å². The van der Waals surface area contributed by atoms with Gasteiger partial charge in [-0.05, 0) is 92.0 Å². The first-order valence-electron chi connectivity index (χ1n) is 20.3. The number of hydrogen-bond acceptors (Lipinski definition) is 3. The average molecular weight is 723 g/mol. The number of nitrogens with two attached hydrogens (primary N) is 2. The number of benzene rings is 3. The van der Waals surface area contributed by atoms with E-state index >= 15 is 0 Å². The number of allylic oxidation sites excluding steroid dienone is 2. The minimum absolute atomic E-state index is 0.0979. The van der Waals surface area contributed by atoms with Crippen LogP contribution in [0.4, 0.5) is 0 Å². The van der Waals surface area contributed by atoms with Crippen LogP contribution in [0.3, 0.4) is 0 Å². The highest BCUT2D eigenvalue weighted by atomic mass is 32.2. The van der Waals surface area contributed by atoms with Crippen LogP contribution in [0.2, 0.25) is 0 Å². The van der Waals surface area contributed by atoms with E-state index in [9.17, 15) is 0 Å². The third-order valence-electron chi connectivity index (χ3n) is 7.34. The second-order valence-electron chi connectivity index (χ2n) is 13.5. The van der Waals surface area contributed by atoms with Gasteiger partial charge in [-0.25, -0.2) is 0 Å². The Hall–Kier alpha value is -2.49. The second kappa shape index (κ2) is 37.3. The number of fused-ring (bicyclic) bond motifs is 1. The molecule has 1 aliphatic rings. The van der Waals surface area contributed by atoms with Crippen LogP contribution in [-0.2, 0) is 0 Å². The Bertz CT molecular complexity index is 1180. The molecule has 3 aromatic rings. The van der Waals surface area contributed by atoms with Gasteiger partial charge in [-0.2, -0.15) is 0 Å². The number of unbranched alkanes of at least 4 members (excludes halogenated alkanes) is 1. The van der Waals surface area contributed by atoms with Gasteiger partial charge >= 0.3 is 0 Å². The fraction of sp³-hybridized carbons (Fsp3) is 0.583. The topological polar surface area (TPSA) is 52.0 Å². The van der Waals surface area contributed by atoms with E-state index in [0.29, 0.717) is 5.92 Å². The minimum Gasteiger partial charge on any atom is -0.402 e. The second-order valence-corrected chi connectivity index (χ2v) is 14.8. The summed E-state index contributed by atoms with van der Waals surface area (Å²) in [5.74, 6) is 2.51. The van der Waals surface area contributed by atoms with Crippen molar-refractivity contribution in [1.82, 2.24) is 0 Å². The van der Waals surface area contributed by atoms with Gasteiger partial charge < -0.3 is 11.5 Å². The van der Waals surface area contributed by atoms with Gasteiger partial charge in [-0.3, -0.25) is 0 Å². The molecule has 0 unspecified atom stereocenters. The molecule has 0 aromatic heterocycles. The molecule has 51 heavy (non-hydrogen) atoms. The van der Waals surface area contributed by atoms with Gasteiger partial charge in [0.25, 0.3) is 0 Å². The van der Waals surface area contributed by atoms with Crippen molar-refractivity contribution in [1.29, 1.82) is 0 Å². The van der Waals surface area contributed by atoms with Crippen LogP contribution in [0.25, 0.3) is 16.3 Å². The summed E-state index contributed by atoms with van der Waals surface area (Å²) in [4.78, 5) is 1.37. The zero-order chi connectivity index (χ0) is 40.3. The van der Waals surface area contributed by atoms with Crippen LogP contribution in [0.15, 0.2) is 90.5 Å². The van der Waals surface area contributed by atoms with Gasteiger partial charge in [-0.15, -0.1) is 11.8 Å². The largest absolute Gasteiger partial charge is 0.402 e. The average Bonchev–Trinajstić information content (AvgIpc) is 3.12. The first-order valence-corrected chi connectivity index (χ1v) is 21.3. The minimum atomic E-state index is 0.0979. The highest BCUT2D eigenvalue weighted by Crippen LogP contribution is 2.35. The lowest BCUT2D eigenvalue weighted by molar-refractivity contribution is 0.238. The van der Waals surface area contributed by atoms with E-state index in [0.717, 1.165) is 55.0 Å². The van der Waals surface area contributed by atoms with Crippen LogP contribution in [-0.4, -0.2) is 11.3 Å². The van der Waals surface area contributed by atoms with E-state index < -0.39 is 0 Å². The van der Waals surface area contributed by atoms with E-state index in [2.05, 4.69) is 149 Å². The van der Waals surface area contributed by atoms with Crippen LogP contribution >= 0.6 is 11.8 Å². The van der Waals surface area contributed by atoms with Gasteiger partial charge in [0.2, 0.25) is 0 Å². The van der Waals surface area contributed by atoms with Gasteiger partial charge in [0.05, 0.1) is 0 Å². The van der Waals surface area contributed by atoms with Crippen molar-refractivity contribution in [2.24, 2.45) is 23.3 Å². The number of thioether (sulfide) groups is 1. The molecule has 0 bridgehead atoms. The maximum atomic E-state index is 6.26. The molecule has 2 nitrogen and oxygen atoms in total. The maximum absolute atomic E-state index is 6.26. The molecule has 1 aliphatic carbocycles. The van der Waals surface area contributed by atoms with Crippen molar-refractivity contribution < 1.29 is 0 Å². The standard InChI is InChI=1S/C13H12.C11H22N2.C9H12S.2C4H10.C3H8.2C2H6/c1-10(2)12-9-5-7-11-6-3-4-8-13(11)12;1-3-6-11(13)7-4-10(5-8-11)9(2)12;1-3-10-9-6-4-8(2)5-7-9;1-4(2)3;1-3-4-2;1-3-2;2*1-2/h3-9H,1H2,2H3;10H,2-8,12-13H2,1H3;4-7H,3H2,1-2H3;4H,1-3H3;3-4H2,1-2H3;3H2,1-2H3;2*1-2H3. The normalized spacial score (nSPS) is 15.2. The molecule has 294 valence electrons. The molecular formula is C48H86N2S. The van der Waals surface area contributed by atoms with Gasteiger partial charge in [0.1, 0.15) is 0 Å². The molecule has 3 heteroatoms. The lowest BCUT2D eigenvalue weighted by Gasteiger charge is -2.37. The molecule has 0 saturated heterocycles. The first kappa shape index (κ1) is 55.3. The third-order valence-corrected chi connectivity index (χ3v) is 8.23. The maximum Gasteiger partial charge on any atom is 0.0154 e. The summed E-state index contributed by atoms with van der Waals surface area (Å²) in [6.07, 6.45) is 10.7. The summed E-state index contributed by atoms with van der Waals surface area (Å²) in [5.41, 5.74) is 16.6. The molecule has 0 heterocycles. The Morgan fingerprint density at radius 1 is 0.765 bits per heavy atom. The SMILES string of the molecule is C=C(C)c1cccc2ccccc12.C=C(N)C1CCC(N)(CCC)CC1.CC.CC.CC(C)C.CCC.CCCC.CCSc1ccc(C)cc1. The first-order chi connectivity index (χ1) is 24.2. The molecule has 3 aromatic carbocycles. The summed E-state index contributed by atoms with van der Waals surface area (Å²) in [5, 5.41) is 2.57. The molecule has 0 spiro atoms. The Morgan fingerprint density at radius 2 is 1.22 bits per heavy atom. The molecule has 0 radical (unpaired) electrons. The van der Waals surface area contributed by atoms with Crippen molar-refractivity contribution in [3.63, 3.8) is 0 Å². The van der Waals surface area contributed by atoms with E-state index in [-0.39, 0.29) is 5.54 Å². The summed E-state index contributed by atoms with van der Waals surface area (Å²) >= 11 is 1.88. The fourth-order valence-corrected chi connectivity index (χ4v) is 5.37. The Labute approximate surface area is 324 Å². The summed E-state index contributed by atoms with van der Waals surface area (Å²) in [7, 11) is 0. The molecule has 0 aliphatic heterocycles. The zero-order valence-electron chi connectivity index (χ0n) is 36.6. The quantitative estimate of drug-likeness (QED) is 0.239. The molecular weight excluding hydrogens is 637 g/mol. The molecule has 1 fully saturated rings. The highest BCUT2D eigenvalue weighted by Gasteiger charge is 2.31. The predicted molar refractivity (Wildman–Crippen MR) is 243 cm³/mol. The summed E-state index contributed by atoms with van der Waals surface area (Å²) in [6, 6.07) is 23.3. The fourth-order valence-electron chi connectivity index (χ4n) is 4.71. The molecule has 0 atom stereocenters. The Balaban J connectivity index is -0.000000274. The van der Waals surface area contributed by atoms with Crippen molar-refractivity contribution in [3.05, 3.63) is 96.7 Å². The van der Waals surface area contributed by atoms with Crippen molar-refractivity contribution >= 4 is 28.1 Å². The number of hydrogen-bond donors (Lipinski definition) is 2. The number of aryl methyl sites for hydroxylation is 1. The molecule has 0 amide bonds. The third kappa shape index (κ3) is 30.8. The molecule has 4 N–H and O–H groups in total. The lowest BCUT2D eigenvalue weighted by Crippen LogP contribution is -2.43. The van der Waals surface area contributed by atoms with E-state index in [4.69, 9.17) is 11.5 Å². The van der Waals surface area contributed by atoms with Crippen molar-refractivity contribution in [2.75, 3.05) is 5.75 Å². The van der Waals surface area contributed by atoms with Gasteiger partial charge in [-0.1, -0.05) is 195 Å². The zero-order valence-corrected chi connectivity index (χ0v) is 37.4. The van der Waals surface area contributed by atoms with Crippen LogP contribution in [0.5, 0.6) is 0 Å². The number of rotatable bonds is 7. The smallest absolute Gasteiger partial charge is 0.0154 e. The van der Waals surface area contributed by atoms with Crippen LogP contribution in [0.1, 0.15) is 166 Å². The predicted octanol–water partition coefficient (Wildman–Crippen LogP) is 16.1. The Kier molecular flexibility index (Phi) is 40.4. The van der Waals surface area contributed by atoms with E-state index in [1.54, 1.807) is 0 Å². The molecule has 1 saturated carbocycles.